The van der Waals surface area contributed by atoms with Crippen LogP contribution in [-0.4, -0.2) is 15.8 Å². The Morgan fingerprint density at radius 1 is 0.193 bits per heavy atom. The molecule has 140 heavy (non-hydrogen) atoms. The Morgan fingerprint density at radius 2 is 0.486 bits per heavy atom. The van der Waals surface area contributed by atoms with Crippen molar-refractivity contribution < 1.29 is 4.42 Å². The normalized spacial score (nSPS) is 12.5. The monoisotopic (exact) mass is 1790 g/mol. The molecule has 2 aliphatic rings. The molecular weight excluding hydrogens is 1690 g/mol. The molecule has 24 aromatic rings. The second-order valence-electron chi connectivity index (χ2n) is 39.9. The third-order valence-corrected chi connectivity index (χ3v) is 29.3. The first-order chi connectivity index (χ1) is 68.7. The van der Waals surface area contributed by atoms with Crippen molar-refractivity contribution in [3.8, 4) is 134 Å². The fourth-order valence-corrected chi connectivity index (χ4v) is 22.4. The lowest BCUT2D eigenvalue weighted by molar-refractivity contribution is 0.590. The van der Waals surface area contributed by atoms with Crippen LogP contribution in [0.3, 0.4) is 0 Å². The third-order valence-electron chi connectivity index (χ3n) is 29.3. The average Bonchev–Trinajstić information content (AvgIpc) is 0.711. The average molecular weight is 1790 g/mol. The highest BCUT2D eigenvalue weighted by Crippen LogP contribution is 2.57. The van der Waals surface area contributed by atoms with E-state index in [1.807, 2.05) is 0 Å². The molecule has 0 N–H and O–H groups in total. The topological polar surface area (TPSA) is 29.5 Å². The minimum Gasteiger partial charge on any atom is -0.456 e. The molecule has 0 atom stereocenters. The number of benzene rings is 21. The smallest absolute Gasteiger partial charge is 0.252 e. The van der Waals surface area contributed by atoms with Crippen LogP contribution in [0.5, 0.6) is 0 Å². The van der Waals surface area contributed by atoms with Crippen molar-refractivity contribution in [2.24, 2.45) is 0 Å². The van der Waals surface area contributed by atoms with E-state index in [9.17, 15) is 0 Å². The third kappa shape index (κ3) is 14.2. The van der Waals surface area contributed by atoms with Crippen molar-refractivity contribution >= 4 is 123 Å². The van der Waals surface area contributed by atoms with Gasteiger partial charge >= 0.3 is 0 Å². The molecule has 0 saturated heterocycles. The Kier molecular flexibility index (Phi) is 19.8. The molecule has 2 aliphatic heterocycles. The molecule has 3 aromatic heterocycles. The number of rotatable bonds is 15. The largest absolute Gasteiger partial charge is 0.456 e. The minimum absolute atomic E-state index is 0.321. The first kappa shape index (κ1) is 83.3. The quantitative estimate of drug-likeness (QED) is 0.0958. The zero-order valence-corrected chi connectivity index (χ0v) is 78.9. The van der Waals surface area contributed by atoms with Crippen LogP contribution in [-0.2, 0) is 10.8 Å². The van der Waals surface area contributed by atoms with Gasteiger partial charge in [0.25, 0.3) is 6.71 Å². The highest BCUT2D eigenvalue weighted by Gasteiger charge is 2.47. The first-order valence-corrected chi connectivity index (χ1v) is 48.8. The van der Waals surface area contributed by atoms with E-state index < -0.39 is 6.71 Å². The van der Waals surface area contributed by atoms with Gasteiger partial charge in [0.05, 0.1) is 33.4 Å². The van der Waals surface area contributed by atoms with Crippen molar-refractivity contribution in [1.29, 1.82) is 0 Å². The summed E-state index contributed by atoms with van der Waals surface area (Å²) in [5.41, 5.74) is 44.7. The molecule has 0 bridgehead atoms. The molecule has 21 aromatic carbocycles. The standard InChI is InChI=1S/C134H97BN4O/c1-133(2,3)104-80-111(90-43-21-11-22-44-90)131(113(82-104)101-53-33-51-96(73-101)94-49-31-47-92(71-94)86-35-13-7-14-36-86)138-124-84-106(136-120-58-28-25-55-108(120)115-75-98(61-68-122(115)136)88-39-17-9-18-40-88)64-66-118(124)135-119-67-65-107(137-121-59-29-26-56-109(121)116-76-99(62-69-123(116)137)89-41-19-10-20-42-89)85-125(119)139(127-79-103(78-126(138)130(127)135)100-63-70-129-117(77-100)110-57-27-30-60-128(110)140-129)132-112(91-45-23-12-24-46-91)81-105(134(4,5)6)83-114(132)102-54-34-52-97(74-102)95-50-32-48-93(72-95)87-37-15-8-16-38-87/h7-85H,1-6H3. The lowest BCUT2D eigenvalue weighted by Crippen LogP contribution is -2.61. The molecule has 26 rings (SSSR count). The fourth-order valence-electron chi connectivity index (χ4n) is 22.4. The Hall–Kier alpha value is -17.3. The molecule has 0 spiro atoms. The molecule has 5 nitrogen and oxygen atoms in total. The Balaban J connectivity index is 0.829. The molecule has 662 valence electrons. The molecule has 6 heteroatoms. The van der Waals surface area contributed by atoms with Gasteiger partial charge in [-0.2, -0.15) is 0 Å². The van der Waals surface area contributed by atoms with Crippen molar-refractivity contribution in [2.45, 2.75) is 52.4 Å². The molecule has 0 fully saturated rings. The van der Waals surface area contributed by atoms with E-state index in [2.05, 4.69) is 540 Å². The lowest BCUT2D eigenvalue weighted by atomic mass is 9.33. The lowest BCUT2D eigenvalue weighted by Gasteiger charge is -2.46. The van der Waals surface area contributed by atoms with Crippen LogP contribution < -0.4 is 26.2 Å². The summed E-state index contributed by atoms with van der Waals surface area (Å²) >= 11 is 0. The number of para-hydroxylation sites is 3. The van der Waals surface area contributed by atoms with Gasteiger partial charge in [0, 0.05) is 88.7 Å². The van der Waals surface area contributed by atoms with E-state index in [-0.39, 0.29) is 10.8 Å². The van der Waals surface area contributed by atoms with Crippen LogP contribution >= 0.6 is 0 Å². The van der Waals surface area contributed by atoms with Gasteiger partial charge in [-0.05, 0) is 278 Å². The highest BCUT2D eigenvalue weighted by atomic mass is 16.3. The maximum absolute atomic E-state index is 6.87. The first-order valence-electron chi connectivity index (χ1n) is 48.8. The SMILES string of the molecule is CC(C)(C)c1cc(-c2ccccc2)c(N2c3cc(-n4c5ccccc5c5cc(-c6ccccc6)ccc54)ccc3B3c4ccc(-n5c6ccccc6c6cc(-c7ccccc7)ccc65)cc4N(c4c(-c5ccccc5)cc(C(C)(C)C)cc4-c4cccc(-c5cccc(-c6ccccc6)c5)c4)c4cc(-c5ccc6oc7ccccc7c6c5)cc2c43)c(-c2cccc(-c3cccc(-c4ccccc4)c3)c2)c1. The van der Waals surface area contributed by atoms with Crippen molar-refractivity contribution in [3.63, 3.8) is 0 Å². The Bertz CT molecular complexity index is 8600. The van der Waals surface area contributed by atoms with Gasteiger partial charge < -0.3 is 23.4 Å². The molecule has 5 heterocycles. The van der Waals surface area contributed by atoms with Crippen LogP contribution in [0.1, 0.15) is 52.7 Å². The predicted octanol–water partition coefficient (Wildman–Crippen LogP) is 34.8. The van der Waals surface area contributed by atoms with Crippen LogP contribution in [0.15, 0.2) is 484 Å². The van der Waals surface area contributed by atoms with Gasteiger partial charge in [0.1, 0.15) is 11.2 Å². The summed E-state index contributed by atoms with van der Waals surface area (Å²) in [6.07, 6.45) is 0. The number of hydrogen-bond donors (Lipinski definition) is 0. The van der Waals surface area contributed by atoms with E-state index in [0.29, 0.717) is 0 Å². The van der Waals surface area contributed by atoms with E-state index in [0.717, 1.165) is 179 Å². The van der Waals surface area contributed by atoms with Crippen molar-refractivity contribution in [3.05, 3.63) is 490 Å². The second kappa shape index (κ2) is 33.3. The molecule has 0 unspecified atom stereocenters. The summed E-state index contributed by atoms with van der Waals surface area (Å²) in [4.78, 5) is 5.51. The van der Waals surface area contributed by atoms with Gasteiger partial charge in [-0.25, -0.2) is 0 Å². The van der Waals surface area contributed by atoms with E-state index in [4.69, 9.17) is 4.42 Å². The molecular formula is C134H97BN4O. The number of furan rings is 1. The summed E-state index contributed by atoms with van der Waals surface area (Å²) < 4.78 is 11.9. The van der Waals surface area contributed by atoms with Crippen molar-refractivity contribution in [1.82, 2.24) is 9.13 Å². The predicted molar refractivity (Wildman–Crippen MR) is 594 cm³/mol. The molecule has 0 saturated carbocycles. The fraction of sp³-hybridized carbons (Fsp3) is 0.0597. The van der Waals surface area contributed by atoms with Crippen LogP contribution in [0.25, 0.3) is 199 Å². The number of nitrogens with zero attached hydrogens (tertiary/aromatic N) is 4. The van der Waals surface area contributed by atoms with E-state index in [1.165, 1.54) is 82.4 Å². The minimum atomic E-state index is -0.400. The van der Waals surface area contributed by atoms with Gasteiger partial charge in [-0.1, -0.05) is 381 Å². The Labute approximate surface area is 816 Å². The van der Waals surface area contributed by atoms with E-state index in [1.54, 1.807) is 0 Å². The maximum atomic E-state index is 6.87. The van der Waals surface area contributed by atoms with Crippen molar-refractivity contribution in [2.75, 3.05) is 9.80 Å². The molecule has 0 radical (unpaired) electrons. The van der Waals surface area contributed by atoms with Gasteiger partial charge in [-0.3, -0.25) is 0 Å². The molecule has 0 aliphatic carbocycles. The second-order valence-corrected chi connectivity index (χ2v) is 39.9. The van der Waals surface area contributed by atoms with Gasteiger partial charge in [0.15, 0.2) is 0 Å². The van der Waals surface area contributed by atoms with Gasteiger partial charge in [-0.15, -0.1) is 0 Å². The maximum Gasteiger partial charge on any atom is 0.252 e. The van der Waals surface area contributed by atoms with E-state index >= 15 is 0 Å². The molecule has 0 amide bonds. The highest BCUT2D eigenvalue weighted by molar-refractivity contribution is 7.00. The summed E-state index contributed by atoms with van der Waals surface area (Å²) in [5.74, 6) is 0. The number of aromatic nitrogens is 2. The zero-order valence-electron chi connectivity index (χ0n) is 78.9. The number of fused-ring (bicyclic) bond motifs is 13. The zero-order chi connectivity index (χ0) is 93.6. The Morgan fingerprint density at radius 3 is 0.886 bits per heavy atom. The van der Waals surface area contributed by atoms with Gasteiger partial charge in [0.2, 0.25) is 0 Å². The van der Waals surface area contributed by atoms with Crippen LogP contribution in [0.2, 0.25) is 0 Å². The summed E-state index contributed by atoms with van der Waals surface area (Å²) in [5, 5.41) is 6.85. The summed E-state index contributed by atoms with van der Waals surface area (Å²) in [6, 6.07) is 181. The van der Waals surface area contributed by atoms with Crippen LogP contribution in [0, 0.1) is 0 Å². The number of anilines is 6. The summed E-state index contributed by atoms with van der Waals surface area (Å²) in [6.45, 7) is 13.8. The number of hydrogen-bond acceptors (Lipinski definition) is 3. The van der Waals surface area contributed by atoms with Crippen LogP contribution in [0.4, 0.5) is 34.1 Å². The summed E-state index contributed by atoms with van der Waals surface area (Å²) in [7, 11) is 0.